The number of phosphoric acid groups is 1. The second-order valence-corrected chi connectivity index (χ2v) is 5.81. The van der Waals surface area contributed by atoms with Crippen LogP contribution in [0.3, 0.4) is 0 Å². The Hall–Kier alpha value is 2.49. The van der Waals surface area contributed by atoms with Gasteiger partial charge in [0.25, 0.3) is 0 Å². The Kier molecular flexibility index (Phi) is 49.0. The quantitative estimate of drug-likeness (QED) is 0.0574. The molecule has 9 nitrogen and oxygen atoms in total. The average Bonchev–Trinajstić information content (AvgIpc) is 2.49. The summed E-state index contributed by atoms with van der Waals surface area (Å²) in [5, 5.41) is 12.3. The molecule has 0 heterocycles. The molecule has 0 saturated carbocycles. The molecular weight excluding hydrogens is 412 g/mol. The molecule has 13 heteroatoms. The fourth-order valence-electron chi connectivity index (χ4n) is 1.76. The summed E-state index contributed by atoms with van der Waals surface area (Å²) in [6.45, 7) is 5.97. The predicted molar refractivity (Wildman–Crippen MR) is 79.9 cm³/mol. The molecule has 0 amide bonds. The maximum absolute atomic E-state index is 8.55. The Labute approximate surface area is 228 Å². The molecule has 0 unspecified atom stereocenters. The van der Waals surface area contributed by atoms with Crippen LogP contribution in [0.5, 0.6) is 0 Å². The van der Waals surface area contributed by atoms with Gasteiger partial charge in [-0.2, -0.15) is 7.82 Å². The van der Waals surface area contributed by atoms with E-state index >= 15 is 0 Å². The van der Waals surface area contributed by atoms with E-state index < -0.39 is 7.82 Å². The molecule has 0 N–H and O–H groups in total. The van der Waals surface area contributed by atoms with Crippen LogP contribution in [0.25, 0.3) is 0 Å². The molecule has 0 radical (unpaired) electrons. The minimum absolute atomic E-state index is 0. The topological polar surface area (TPSA) is 132 Å². The second-order valence-electron chi connectivity index (χ2n) is 4.92. The second kappa shape index (κ2) is 33.1. The van der Waals surface area contributed by atoms with Crippen LogP contribution in [-0.4, -0.2) is 6.61 Å². The molecular formula is C14H28Na3O9P. The maximum Gasteiger partial charge on any atom is 1.00 e. The Bertz CT molecular complexity index is 301. The molecule has 0 bridgehead atoms. The molecule has 0 fully saturated rings. The first-order valence-electron chi connectivity index (χ1n) is 8.04. The monoisotopic (exact) mass is 440 g/mol. The van der Waals surface area contributed by atoms with Gasteiger partial charge in [0.05, 0.1) is 6.61 Å². The van der Waals surface area contributed by atoms with Gasteiger partial charge in [0.2, 0.25) is 0 Å². The fraction of sp³-hybridized carbons (Fsp3) is 0.857. The summed E-state index contributed by atoms with van der Waals surface area (Å²) in [5.41, 5.74) is 0. The molecule has 0 atom stereocenters. The number of rotatable bonds is 16. The van der Waals surface area contributed by atoms with Gasteiger partial charge >= 0.3 is 88.7 Å². The standard InChI is InChI=1S/C14H28O5.3Na.H3O4P/c1-3-5-6-7-8-9-10-11-12-13-14-16-18-19-17-15-4-2;;;;1-5(2,3)4/h4H,2-3,5-14H2,1H3;;;;(H3,1,2,3,4)/q;3*+1;/p-3. The Morgan fingerprint density at radius 1 is 0.778 bits per heavy atom. The third-order valence-electron chi connectivity index (χ3n) is 2.79. The number of hydrogen-bond acceptors (Lipinski definition) is 9. The SMILES string of the molecule is C=COOOOOCCCCCCCCCCCC.O=P([O-])([O-])[O-].[Na+].[Na+].[Na+]. The zero-order valence-electron chi connectivity index (χ0n) is 17.2. The van der Waals surface area contributed by atoms with Gasteiger partial charge in [0, 0.05) is 10.1 Å². The van der Waals surface area contributed by atoms with Gasteiger partial charge in [-0.15, -0.1) is 0 Å². The smallest absolute Gasteiger partial charge is 0.822 e. The van der Waals surface area contributed by atoms with E-state index in [1.807, 2.05) is 0 Å². The summed E-state index contributed by atoms with van der Waals surface area (Å²) in [6.07, 6.45) is 13.9. The van der Waals surface area contributed by atoms with E-state index in [2.05, 4.69) is 33.5 Å². The van der Waals surface area contributed by atoms with Crippen LogP contribution in [0.1, 0.15) is 71.1 Å². The van der Waals surface area contributed by atoms with Crippen LogP contribution in [0.2, 0.25) is 0 Å². The number of unbranched alkanes of at least 4 members (excludes halogenated alkanes) is 9. The van der Waals surface area contributed by atoms with Crippen molar-refractivity contribution >= 4 is 7.82 Å². The summed E-state index contributed by atoms with van der Waals surface area (Å²) in [6, 6.07) is 0. The first-order valence-corrected chi connectivity index (χ1v) is 9.50. The van der Waals surface area contributed by atoms with Gasteiger partial charge in [-0.3, -0.25) is 0 Å². The first-order chi connectivity index (χ1) is 11.4. The van der Waals surface area contributed by atoms with E-state index in [-0.39, 0.29) is 88.7 Å². The molecule has 0 aromatic rings. The van der Waals surface area contributed by atoms with E-state index in [0.29, 0.717) is 6.61 Å². The predicted octanol–water partition coefficient (Wildman–Crippen LogP) is -7.02. The molecule has 0 aliphatic carbocycles. The van der Waals surface area contributed by atoms with E-state index in [4.69, 9.17) is 24.1 Å². The fourth-order valence-corrected chi connectivity index (χ4v) is 1.76. The van der Waals surface area contributed by atoms with Gasteiger partial charge in [-0.25, -0.2) is 4.89 Å². The van der Waals surface area contributed by atoms with Crippen molar-refractivity contribution in [2.24, 2.45) is 0 Å². The number of hydrogen-bond donors (Lipinski definition) is 0. The van der Waals surface area contributed by atoms with E-state index in [0.717, 1.165) is 19.1 Å². The van der Waals surface area contributed by atoms with Crippen LogP contribution in [0, 0.1) is 0 Å². The summed E-state index contributed by atoms with van der Waals surface area (Å²) >= 11 is 0. The van der Waals surface area contributed by atoms with Crippen molar-refractivity contribution in [3.05, 3.63) is 12.8 Å². The van der Waals surface area contributed by atoms with Crippen molar-refractivity contribution in [1.29, 1.82) is 0 Å². The van der Waals surface area contributed by atoms with E-state index in [9.17, 15) is 0 Å². The summed E-state index contributed by atoms with van der Waals surface area (Å²) < 4.78 is 8.55. The van der Waals surface area contributed by atoms with Crippen molar-refractivity contribution in [2.75, 3.05) is 6.61 Å². The van der Waals surface area contributed by atoms with Crippen molar-refractivity contribution in [2.45, 2.75) is 71.1 Å². The van der Waals surface area contributed by atoms with Crippen LogP contribution < -0.4 is 103 Å². The normalized spacial score (nSPS) is 9.63. The molecule has 0 aromatic heterocycles. The van der Waals surface area contributed by atoms with Crippen LogP contribution in [0.15, 0.2) is 12.8 Å². The summed E-state index contributed by atoms with van der Waals surface area (Å²) in [5.74, 6) is 0. The van der Waals surface area contributed by atoms with Crippen molar-refractivity contribution in [1.82, 2.24) is 0 Å². The Morgan fingerprint density at radius 3 is 1.59 bits per heavy atom. The van der Waals surface area contributed by atoms with Crippen molar-refractivity contribution < 1.29 is 133 Å². The molecule has 0 aliphatic rings. The van der Waals surface area contributed by atoms with E-state index in [1.165, 1.54) is 51.4 Å². The van der Waals surface area contributed by atoms with Crippen molar-refractivity contribution in [3.8, 4) is 0 Å². The molecule has 0 aliphatic heterocycles. The first kappa shape index (κ1) is 39.9. The van der Waals surface area contributed by atoms with Gasteiger partial charge in [0.1, 0.15) is 6.26 Å². The molecule has 0 aromatic carbocycles. The van der Waals surface area contributed by atoms with Crippen LogP contribution in [-0.2, 0) is 29.5 Å². The van der Waals surface area contributed by atoms with Gasteiger partial charge < -0.3 is 24.1 Å². The van der Waals surface area contributed by atoms with Crippen molar-refractivity contribution in [3.63, 3.8) is 0 Å². The molecule has 146 valence electrons. The summed E-state index contributed by atoms with van der Waals surface area (Å²) in [7, 11) is -5.39. The van der Waals surface area contributed by atoms with Gasteiger partial charge in [-0.1, -0.05) is 71.3 Å². The van der Waals surface area contributed by atoms with Gasteiger partial charge in [0.15, 0.2) is 0 Å². The largest absolute Gasteiger partial charge is 1.00 e. The molecule has 27 heavy (non-hydrogen) atoms. The van der Waals surface area contributed by atoms with Crippen LogP contribution >= 0.6 is 7.82 Å². The molecule has 0 spiro atoms. The Morgan fingerprint density at radius 2 is 1.19 bits per heavy atom. The molecule has 0 rings (SSSR count). The van der Waals surface area contributed by atoms with Gasteiger partial charge in [-0.05, 0) is 11.5 Å². The third-order valence-corrected chi connectivity index (χ3v) is 2.79. The Balaban J connectivity index is -0.000000178. The van der Waals surface area contributed by atoms with Crippen LogP contribution in [0.4, 0.5) is 0 Å². The zero-order valence-corrected chi connectivity index (χ0v) is 24.1. The average molecular weight is 440 g/mol. The minimum atomic E-state index is -5.39. The zero-order chi connectivity index (χ0) is 18.5. The maximum atomic E-state index is 8.55. The third kappa shape index (κ3) is 58.5. The molecule has 0 saturated heterocycles. The minimum Gasteiger partial charge on any atom is -0.822 e. The van der Waals surface area contributed by atoms with E-state index in [1.54, 1.807) is 0 Å². The summed E-state index contributed by atoms with van der Waals surface area (Å²) in [4.78, 5) is 34.5.